The van der Waals surface area contributed by atoms with Gasteiger partial charge in [-0.05, 0) is 23.6 Å². The number of halogens is 1. The van der Waals surface area contributed by atoms with Gasteiger partial charge in [-0.15, -0.1) is 0 Å². The van der Waals surface area contributed by atoms with Gasteiger partial charge < -0.3 is 4.74 Å². The van der Waals surface area contributed by atoms with Crippen molar-refractivity contribution in [2.24, 2.45) is 0 Å². The van der Waals surface area contributed by atoms with E-state index in [2.05, 4.69) is 0 Å². The van der Waals surface area contributed by atoms with E-state index in [4.69, 9.17) is 4.74 Å². The lowest BCUT2D eigenvalue weighted by atomic mass is 10.1. The average Bonchev–Trinajstić information content (AvgIpc) is 2.72. The molecule has 0 spiro atoms. The highest BCUT2D eigenvalue weighted by Gasteiger charge is 2.22. The smallest absolute Gasteiger partial charge is 0.381 e. The third-order valence-electron chi connectivity index (χ3n) is 4.34. The maximum Gasteiger partial charge on any atom is 0.381 e. The molecule has 0 atom stereocenters. The van der Waals surface area contributed by atoms with E-state index in [1.54, 1.807) is 41.1 Å². The van der Waals surface area contributed by atoms with Crippen molar-refractivity contribution >= 4 is 16.6 Å². The Bertz CT molecular complexity index is 1110. The molecule has 0 aliphatic heterocycles. The molecule has 0 radical (unpaired) electrons. The Kier molecular flexibility index (Phi) is 4.62. The minimum absolute atomic E-state index is 0.0470. The van der Waals surface area contributed by atoms with Gasteiger partial charge in [0.1, 0.15) is 0 Å². The number of nitrogens with zero attached hydrogens (tertiary/aromatic N) is 1. The number of aromatic nitrogens is 1. The van der Waals surface area contributed by atoms with Gasteiger partial charge in [-0.25, -0.2) is 4.39 Å². The Hall–Kier alpha value is -3.53. The van der Waals surface area contributed by atoms with Crippen LogP contribution in [0, 0.1) is 5.82 Å². The van der Waals surface area contributed by atoms with Crippen LogP contribution in [0.1, 0.15) is 10.4 Å². The number of benzene rings is 3. The van der Waals surface area contributed by atoms with Crippen LogP contribution in [0.15, 0.2) is 91.1 Å². The summed E-state index contributed by atoms with van der Waals surface area (Å²) in [7, 11) is 0. The third kappa shape index (κ3) is 3.55. The molecular formula is C23H17FNO2+. The van der Waals surface area contributed by atoms with Gasteiger partial charge in [-0.2, -0.15) is 4.57 Å². The second kappa shape index (κ2) is 7.38. The fourth-order valence-corrected chi connectivity index (χ4v) is 2.97. The number of hydrogen-bond donors (Lipinski definition) is 0. The molecule has 1 aromatic heterocycles. The molecule has 4 rings (SSSR count). The molecule has 0 fully saturated rings. The topological polar surface area (TPSA) is 30.2 Å². The fraction of sp³-hybridized carbons (Fsp3) is 0.0435. The van der Waals surface area contributed by atoms with Crippen LogP contribution in [-0.2, 0) is 6.54 Å². The van der Waals surface area contributed by atoms with E-state index in [-0.39, 0.29) is 18.1 Å². The van der Waals surface area contributed by atoms with Crippen molar-refractivity contribution in [2.75, 3.05) is 0 Å². The van der Waals surface area contributed by atoms with Crippen LogP contribution in [0.3, 0.4) is 0 Å². The lowest BCUT2D eigenvalue weighted by molar-refractivity contribution is -0.685. The molecule has 3 nitrogen and oxygen atoms in total. The molecule has 0 bridgehead atoms. The number of Topliss-reactive ketones (excluding diaryl/α,β-unsaturated/α-hetero) is 1. The largest absolute Gasteiger partial charge is 0.402 e. The highest BCUT2D eigenvalue weighted by molar-refractivity contribution is 5.95. The number of rotatable bonds is 5. The normalized spacial score (nSPS) is 10.7. The molecule has 0 N–H and O–H groups in total. The maximum atomic E-state index is 14.1. The summed E-state index contributed by atoms with van der Waals surface area (Å²) in [5.74, 6) is 0.0536. The standard InChI is InChI=1S/C23H17FNO2/c24-20-12-6-7-13-22(20)27-23-19-11-5-4-8-17(19)14-15-25(23)16-21(26)18-9-2-1-3-10-18/h1-15H,16H2/q+1. The molecule has 132 valence electrons. The van der Waals surface area contributed by atoms with Crippen LogP contribution >= 0.6 is 0 Å². The van der Waals surface area contributed by atoms with Crippen LogP contribution in [0.5, 0.6) is 11.6 Å². The van der Waals surface area contributed by atoms with Crippen LogP contribution in [0.4, 0.5) is 4.39 Å². The molecule has 0 aliphatic carbocycles. The van der Waals surface area contributed by atoms with E-state index >= 15 is 0 Å². The van der Waals surface area contributed by atoms with E-state index in [1.807, 2.05) is 48.5 Å². The first-order valence-corrected chi connectivity index (χ1v) is 8.64. The molecule has 0 saturated carbocycles. The lowest BCUT2D eigenvalue weighted by Gasteiger charge is -2.09. The number of fused-ring (bicyclic) bond motifs is 1. The lowest BCUT2D eigenvalue weighted by Crippen LogP contribution is -2.39. The van der Waals surface area contributed by atoms with Crippen molar-refractivity contribution in [1.29, 1.82) is 0 Å². The molecule has 0 aliphatic rings. The van der Waals surface area contributed by atoms with Crippen LogP contribution in [0.2, 0.25) is 0 Å². The maximum absolute atomic E-state index is 14.1. The van der Waals surface area contributed by atoms with E-state index in [9.17, 15) is 9.18 Å². The van der Waals surface area contributed by atoms with E-state index in [1.165, 1.54) is 6.07 Å². The first-order chi connectivity index (χ1) is 13.2. The summed E-state index contributed by atoms with van der Waals surface area (Å²) >= 11 is 0. The molecule has 0 saturated heterocycles. The molecule has 4 heteroatoms. The summed E-state index contributed by atoms with van der Waals surface area (Å²) in [4.78, 5) is 12.7. The van der Waals surface area contributed by atoms with Gasteiger partial charge >= 0.3 is 5.88 Å². The van der Waals surface area contributed by atoms with Gasteiger partial charge in [0.15, 0.2) is 17.8 Å². The Morgan fingerprint density at radius 2 is 1.56 bits per heavy atom. The van der Waals surface area contributed by atoms with Crippen molar-refractivity contribution in [2.45, 2.75) is 6.54 Å². The number of para-hydroxylation sites is 1. The second-order valence-electron chi connectivity index (χ2n) is 6.16. The van der Waals surface area contributed by atoms with E-state index in [0.717, 1.165) is 10.8 Å². The Morgan fingerprint density at radius 1 is 0.852 bits per heavy atom. The van der Waals surface area contributed by atoms with Crippen molar-refractivity contribution < 1.29 is 18.5 Å². The molecule has 0 unspecified atom stereocenters. The molecule has 0 amide bonds. The molecule has 27 heavy (non-hydrogen) atoms. The summed E-state index contributed by atoms with van der Waals surface area (Å²) in [5.41, 5.74) is 0.620. The van der Waals surface area contributed by atoms with Crippen LogP contribution < -0.4 is 9.30 Å². The number of carbonyl (C=O) groups excluding carboxylic acids is 1. The zero-order valence-corrected chi connectivity index (χ0v) is 14.5. The number of pyridine rings is 1. The molecule has 3 aromatic carbocycles. The third-order valence-corrected chi connectivity index (χ3v) is 4.34. The second-order valence-corrected chi connectivity index (χ2v) is 6.16. The van der Waals surface area contributed by atoms with Gasteiger partial charge in [0.25, 0.3) is 0 Å². The highest BCUT2D eigenvalue weighted by atomic mass is 19.1. The van der Waals surface area contributed by atoms with Crippen molar-refractivity contribution in [3.05, 3.63) is 103 Å². The molecule has 4 aromatic rings. The van der Waals surface area contributed by atoms with Gasteiger partial charge in [0, 0.05) is 11.6 Å². The van der Waals surface area contributed by atoms with E-state index < -0.39 is 5.82 Å². The van der Waals surface area contributed by atoms with Gasteiger partial charge in [-0.1, -0.05) is 60.7 Å². The summed E-state index contributed by atoms with van der Waals surface area (Å²) in [6, 6.07) is 24.9. The zero-order valence-electron chi connectivity index (χ0n) is 14.5. The Labute approximate surface area is 156 Å². The SMILES string of the molecule is O=C(C[n+]1ccc2ccccc2c1Oc1ccccc1F)c1ccccc1. The van der Waals surface area contributed by atoms with Gasteiger partial charge in [0.05, 0.1) is 5.39 Å². The van der Waals surface area contributed by atoms with Crippen LogP contribution in [-0.4, -0.2) is 5.78 Å². The number of ether oxygens (including phenoxy) is 1. The monoisotopic (exact) mass is 358 g/mol. The van der Waals surface area contributed by atoms with Crippen molar-refractivity contribution in [3.8, 4) is 11.6 Å². The minimum atomic E-state index is -0.452. The predicted octanol–water partition coefficient (Wildman–Crippen LogP) is 4.94. The highest BCUT2D eigenvalue weighted by Crippen LogP contribution is 2.28. The number of ketones is 1. The first-order valence-electron chi connectivity index (χ1n) is 8.64. The predicted molar refractivity (Wildman–Crippen MR) is 101 cm³/mol. The van der Waals surface area contributed by atoms with E-state index in [0.29, 0.717) is 11.4 Å². The summed E-state index contributed by atoms with van der Waals surface area (Å²) < 4.78 is 21.8. The molecular weight excluding hydrogens is 341 g/mol. The summed E-state index contributed by atoms with van der Waals surface area (Å²) in [6.07, 6.45) is 1.79. The average molecular weight is 358 g/mol. The first kappa shape index (κ1) is 16.9. The number of hydrogen-bond acceptors (Lipinski definition) is 2. The Morgan fingerprint density at radius 3 is 2.37 bits per heavy atom. The fourth-order valence-electron chi connectivity index (χ4n) is 2.97. The summed E-state index contributed by atoms with van der Waals surface area (Å²) in [6.45, 7) is 0.0959. The zero-order chi connectivity index (χ0) is 18.6. The van der Waals surface area contributed by atoms with Crippen LogP contribution in [0.25, 0.3) is 10.8 Å². The number of carbonyl (C=O) groups is 1. The van der Waals surface area contributed by atoms with Gasteiger partial charge in [0.2, 0.25) is 12.3 Å². The Balaban J connectivity index is 1.78. The quantitative estimate of drug-likeness (QED) is 0.374. The molecule has 1 heterocycles. The van der Waals surface area contributed by atoms with Crippen molar-refractivity contribution in [3.63, 3.8) is 0 Å². The van der Waals surface area contributed by atoms with Gasteiger partial charge in [-0.3, -0.25) is 4.79 Å². The minimum Gasteiger partial charge on any atom is -0.402 e. The van der Waals surface area contributed by atoms with Crippen molar-refractivity contribution in [1.82, 2.24) is 0 Å². The summed E-state index contributed by atoms with van der Waals surface area (Å²) in [5, 5.41) is 1.76.